The van der Waals surface area contributed by atoms with Crippen molar-refractivity contribution in [1.29, 1.82) is 0 Å². The van der Waals surface area contributed by atoms with Crippen LogP contribution in [-0.4, -0.2) is 29.8 Å². The summed E-state index contributed by atoms with van der Waals surface area (Å²) >= 11 is 3.25. The molecule has 2 heterocycles. The van der Waals surface area contributed by atoms with E-state index in [1.165, 1.54) is 18.4 Å². The smallest absolute Gasteiger partial charge is 0.289 e. The number of amides is 2. The second kappa shape index (κ2) is 8.46. The monoisotopic (exact) mass is 424 g/mol. The highest BCUT2D eigenvalue weighted by Gasteiger charge is 2.28. The van der Waals surface area contributed by atoms with E-state index in [4.69, 9.17) is 9.25 Å². The van der Waals surface area contributed by atoms with E-state index in [0.717, 1.165) is 5.56 Å². The summed E-state index contributed by atoms with van der Waals surface area (Å²) in [5, 5.41) is 0. The molecule has 0 unspecified atom stereocenters. The molecule has 1 fully saturated rings. The van der Waals surface area contributed by atoms with Crippen LogP contribution in [-0.2, 0) is 16.2 Å². The largest absolute Gasteiger partial charge is 0.459 e. The third-order valence-electron chi connectivity index (χ3n) is 4.30. The zero-order chi connectivity index (χ0) is 18.5. The summed E-state index contributed by atoms with van der Waals surface area (Å²) in [5.74, 6) is -0.631. The molecule has 3 rings (SSSR count). The molecule has 138 valence electrons. The Balaban J connectivity index is 1.43. The number of carbonyl (C=O) groups excluding carboxylic acids is 2. The minimum atomic E-state index is -0.347. The Morgan fingerprint density at radius 3 is 2.73 bits per heavy atom. The van der Waals surface area contributed by atoms with Crippen LogP contribution < -0.4 is 5.48 Å². The lowest BCUT2D eigenvalue weighted by atomic mass is 9.96. The van der Waals surface area contributed by atoms with Gasteiger partial charge >= 0.3 is 0 Å². The highest BCUT2D eigenvalue weighted by Crippen LogP contribution is 2.21. The van der Waals surface area contributed by atoms with Gasteiger partial charge in [-0.05, 0) is 42.7 Å². The van der Waals surface area contributed by atoms with E-state index in [1.807, 2.05) is 0 Å². The summed E-state index contributed by atoms with van der Waals surface area (Å²) in [6.07, 6.45) is 2.58. The van der Waals surface area contributed by atoms with Gasteiger partial charge in [0.2, 0.25) is 5.91 Å². The molecule has 0 aliphatic carbocycles. The van der Waals surface area contributed by atoms with Gasteiger partial charge < -0.3 is 9.32 Å². The molecule has 1 N–H and O–H groups in total. The Morgan fingerprint density at radius 1 is 1.31 bits per heavy atom. The van der Waals surface area contributed by atoms with Crippen molar-refractivity contribution in [2.75, 3.05) is 13.1 Å². The second-order valence-electron chi connectivity index (χ2n) is 6.03. The van der Waals surface area contributed by atoms with Crippen LogP contribution in [0.3, 0.4) is 0 Å². The summed E-state index contributed by atoms with van der Waals surface area (Å²) in [6, 6.07) is 7.56. The lowest BCUT2D eigenvalue weighted by Crippen LogP contribution is -2.42. The van der Waals surface area contributed by atoms with E-state index >= 15 is 0 Å². The highest BCUT2D eigenvalue weighted by molar-refractivity contribution is 9.10. The first kappa shape index (κ1) is 18.6. The number of benzene rings is 1. The van der Waals surface area contributed by atoms with Crippen LogP contribution in [0.2, 0.25) is 0 Å². The lowest BCUT2D eigenvalue weighted by molar-refractivity contribution is -0.140. The third-order valence-corrected chi connectivity index (χ3v) is 5.04. The first-order valence-electron chi connectivity index (χ1n) is 8.23. The van der Waals surface area contributed by atoms with Crippen molar-refractivity contribution in [2.24, 2.45) is 5.92 Å². The molecule has 1 aliphatic heterocycles. The zero-order valence-corrected chi connectivity index (χ0v) is 15.5. The quantitative estimate of drug-likeness (QED) is 0.747. The molecular weight excluding hydrogens is 407 g/mol. The molecule has 0 spiro atoms. The number of hydroxylamine groups is 1. The number of rotatable bonds is 5. The van der Waals surface area contributed by atoms with Gasteiger partial charge in [-0.25, -0.2) is 9.87 Å². The Labute approximate surface area is 158 Å². The van der Waals surface area contributed by atoms with E-state index in [1.54, 1.807) is 23.1 Å². The highest BCUT2D eigenvalue weighted by atomic mass is 79.9. The maximum absolute atomic E-state index is 13.0. The Morgan fingerprint density at radius 2 is 2.08 bits per heavy atom. The topological polar surface area (TPSA) is 71.8 Å². The van der Waals surface area contributed by atoms with Crippen molar-refractivity contribution in [1.82, 2.24) is 10.4 Å². The molecule has 1 aromatic carbocycles. The van der Waals surface area contributed by atoms with Crippen molar-refractivity contribution in [2.45, 2.75) is 19.4 Å². The first-order valence-corrected chi connectivity index (χ1v) is 9.02. The van der Waals surface area contributed by atoms with Gasteiger partial charge in [-0.3, -0.25) is 14.4 Å². The number of carbonyl (C=O) groups is 2. The van der Waals surface area contributed by atoms with E-state index in [0.29, 0.717) is 36.2 Å². The van der Waals surface area contributed by atoms with Crippen LogP contribution in [0.15, 0.2) is 45.5 Å². The normalized spacial score (nSPS) is 15.1. The number of hydrogen-bond donors (Lipinski definition) is 1. The average Bonchev–Trinajstić information content (AvgIpc) is 3.17. The molecule has 1 aliphatic rings. The number of hydrogen-bond acceptors (Lipinski definition) is 4. The Hall–Kier alpha value is -2.19. The molecule has 26 heavy (non-hydrogen) atoms. The predicted octanol–water partition coefficient (Wildman–Crippen LogP) is 3.28. The maximum atomic E-state index is 13.0. The van der Waals surface area contributed by atoms with Crippen molar-refractivity contribution >= 4 is 27.7 Å². The second-order valence-corrected chi connectivity index (χ2v) is 6.89. The first-order chi connectivity index (χ1) is 12.5. The minimum absolute atomic E-state index is 0.127. The van der Waals surface area contributed by atoms with E-state index in [2.05, 4.69) is 21.4 Å². The molecule has 2 aromatic rings. The summed E-state index contributed by atoms with van der Waals surface area (Å²) in [7, 11) is 0. The number of nitrogens with one attached hydrogen (secondary N) is 1. The van der Waals surface area contributed by atoms with Crippen molar-refractivity contribution in [3.8, 4) is 0 Å². The molecule has 2 amide bonds. The number of halogens is 2. The fourth-order valence-electron chi connectivity index (χ4n) is 2.81. The number of likely N-dealkylation sites (tertiary alicyclic amines) is 1. The van der Waals surface area contributed by atoms with Crippen molar-refractivity contribution in [3.05, 3.63) is 58.2 Å². The van der Waals surface area contributed by atoms with E-state index in [9.17, 15) is 14.0 Å². The van der Waals surface area contributed by atoms with Gasteiger partial charge in [-0.2, -0.15) is 0 Å². The molecule has 0 saturated carbocycles. The number of piperidine rings is 1. The lowest BCUT2D eigenvalue weighted by Gasteiger charge is -2.30. The van der Waals surface area contributed by atoms with Gasteiger partial charge in [0.25, 0.3) is 5.91 Å². The summed E-state index contributed by atoms with van der Waals surface area (Å²) in [6.45, 7) is 1.10. The summed E-state index contributed by atoms with van der Waals surface area (Å²) in [4.78, 5) is 31.3. The van der Waals surface area contributed by atoms with Crippen LogP contribution in [0.5, 0.6) is 0 Å². The standard InChI is InChI=1S/C18H18BrFN2O4/c19-15-10-14(20)4-3-13(15)11-26-21-17(23)12-5-7-22(8-6-12)18(24)16-2-1-9-25-16/h1-4,9-10,12H,5-8,11H2,(H,21,23). The Bertz CT molecular complexity index is 774. The minimum Gasteiger partial charge on any atom is -0.459 e. The zero-order valence-electron chi connectivity index (χ0n) is 13.9. The summed E-state index contributed by atoms with van der Waals surface area (Å²) < 4.78 is 18.7. The van der Waals surface area contributed by atoms with Gasteiger partial charge in [0.05, 0.1) is 6.26 Å². The SMILES string of the molecule is O=C(NOCc1ccc(F)cc1Br)C1CCN(C(=O)c2ccco2)CC1. The fraction of sp³-hybridized carbons (Fsp3) is 0.333. The molecule has 1 aromatic heterocycles. The van der Waals surface area contributed by atoms with Gasteiger partial charge in [-0.1, -0.05) is 22.0 Å². The van der Waals surface area contributed by atoms with Gasteiger partial charge in [-0.15, -0.1) is 0 Å². The van der Waals surface area contributed by atoms with Crippen LogP contribution in [0.4, 0.5) is 4.39 Å². The van der Waals surface area contributed by atoms with Gasteiger partial charge in [0.15, 0.2) is 5.76 Å². The molecule has 0 bridgehead atoms. The predicted molar refractivity (Wildman–Crippen MR) is 94.4 cm³/mol. The molecular formula is C18H18BrFN2O4. The molecule has 0 atom stereocenters. The van der Waals surface area contributed by atoms with Gasteiger partial charge in [0.1, 0.15) is 12.4 Å². The fourth-order valence-corrected chi connectivity index (χ4v) is 3.27. The third kappa shape index (κ3) is 4.50. The average molecular weight is 425 g/mol. The molecule has 0 radical (unpaired) electrons. The molecule has 6 nitrogen and oxygen atoms in total. The van der Waals surface area contributed by atoms with Gasteiger partial charge in [0, 0.05) is 23.5 Å². The van der Waals surface area contributed by atoms with Crippen LogP contribution >= 0.6 is 15.9 Å². The number of nitrogens with zero attached hydrogens (tertiary/aromatic N) is 1. The van der Waals surface area contributed by atoms with Crippen LogP contribution in [0, 0.1) is 11.7 Å². The van der Waals surface area contributed by atoms with Crippen molar-refractivity contribution in [3.63, 3.8) is 0 Å². The maximum Gasteiger partial charge on any atom is 0.289 e. The van der Waals surface area contributed by atoms with Crippen molar-refractivity contribution < 1.29 is 23.2 Å². The van der Waals surface area contributed by atoms with Crippen LogP contribution in [0.1, 0.15) is 29.0 Å². The van der Waals surface area contributed by atoms with Crippen LogP contribution in [0.25, 0.3) is 0 Å². The Kier molecular flexibility index (Phi) is 6.05. The summed E-state index contributed by atoms with van der Waals surface area (Å²) in [5.41, 5.74) is 3.17. The van der Waals surface area contributed by atoms with E-state index < -0.39 is 0 Å². The number of furan rings is 1. The molecule has 8 heteroatoms. The van der Waals surface area contributed by atoms with E-state index in [-0.39, 0.29) is 30.2 Å². The molecule has 1 saturated heterocycles.